The molecular weight excluding hydrogens is 348 g/mol. The van der Waals surface area contributed by atoms with Crippen molar-refractivity contribution < 1.29 is 24.3 Å². The molecule has 0 radical (unpaired) electrons. The highest BCUT2D eigenvalue weighted by Gasteiger charge is 2.38. The lowest BCUT2D eigenvalue weighted by molar-refractivity contribution is -0.138. The van der Waals surface area contributed by atoms with Gasteiger partial charge in [0.1, 0.15) is 6.04 Å². The summed E-state index contributed by atoms with van der Waals surface area (Å²) in [5, 5.41) is 10.9. The van der Waals surface area contributed by atoms with E-state index in [9.17, 15) is 19.2 Å². The predicted molar refractivity (Wildman–Crippen MR) is 95.5 cm³/mol. The molecule has 0 aliphatic carbocycles. The number of carbonyl (C=O) groups is 4. The van der Waals surface area contributed by atoms with Crippen molar-refractivity contribution in [1.82, 2.24) is 10.2 Å². The van der Waals surface area contributed by atoms with Crippen molar-refractivity contribution in [3.8, 4) is 11.8 Å². The van der Waals surface area contributed by atoms with E-state index < -0.39 is 17.9 Å². The molecule has 3 amide bonds. The maximum atomic E-state index is 12.6. The zero-order valence-electron chi connectivity index (χ0n) is 14.8. The second-order valence-electron chi connectivity index (χ2n) is 6.67. The van der Waals surface area contributed by atoms with Crippen LogP contribution in [-0.4, -0.2) is 39.7 Å². The number of carboxylic acid groups (broad SMARTS) is 1. The molecule has 2 N–H and O–H groups in total. The van der Waals surface area contributed by atoms with Gasteiger partial charge in [-0.05, 0) is 43.0 Å². The number of amides is 3. The Labute approximate surface area is 156 Å². The average Bonchev–Trinajstić information content (AvgIpc) is 2.94. The molecule has 7 nitrogen and oxygen atoms in total. The molecule has 0 spiro atoms. The average molecular weight is 368 g/mol. The maximum Gasteiger partial charge on any atom is 0.303 e. The van der Waals surface area contributed by atoms with Crippen LogP contribution in [0.3, 0.4) is 0 Å². The fourth-order valence-electron chi connectivity index (χ4n) is 3.31. The second-order valence-corrected chi connectivity index (χ2v) is 6.67. The van der Waals surface area contributed by atoms with Crippen molar-refractivity contribution in [3.05, 3.63) is 34.9 Å². The molecule has 1 atom stereocenters. The van der Waals surface area contributed by atoms with Gasteiger partial charge in [-0.1, -0.05) is 11.8 Å². The molecule has 0 bridgehead atoms. The molecule has 140 valence electrons. The van der Waals surface area contributed by atoms with Crippen LogP contribution in [0.4, 0.5) is 0 Å². The topological polar surface area (TPSA) is 104 Å². The summed E-state index contributed by atoms with van der Waals surface area (Å²) in [4.78, 5) is 47.9. The van der Waals surface area contributed by atoms with Crippen LogP contribution in [0.1, 0.15) is 60.0 Å². The normalized spacial score (nSPS) is 18.6. The number of carboxylic acids is 1. The van der Waals surface area contributed by atoms with Crippen LogP contribution < -0.4 is 5.32 Å². The fourth-order valence-corrected chi connectivity index (χ4v) is 3.31. The van der Waals surface area contributed by atoms with E-state index in [4.69, 9.17) is 5.11 Å². The molecule has 0 aromatic heterocycles. The zero-order chi connectivity index (χ0) is 19.4. The van der Waals surface area contributed by atoms with E-state index in [-0.39, 0.29) is 24.7 Å². The number of imide groups is 1. The predicted octanol–water partition coefficient (Wildman–Crippen LogP) is 1.44. The van der Waals surface area contributed by atoms with Gasteiger partial charge in [-0.15, -0.1) is 0 Å². The van der Waals surface area contributed by atoms with E-state index in [1.807, 2.05) is 6.07 Å². The van der Waals surface area contributed by atoms with Gasteiger partial charge in [-0.3, -0.25) is 24.5 Å². The smallest absolute Gasteiger partial charge is 0.303 e. The first kappa shape index (κ1) is 18.6. The van der Waals surface area contributed by atoms with E-state index in [0.29, 0.717) is 31.4 Å². The van der Waals surface area contributed by atoms with Crippen LogP contribution in [0, 0.1) is 11.8 Å². The molecule has 0 saturated carbocycles. The number of unbranched alkanes of at least 4 members (excludes halogenated alkanes) is 2. The first-order chi connectivity index (χ1) is 13.0. The molecule has 27 heavy (non-hydrogen) atoms. The molecular formula is C20H20N2O5. The Hall–Kier alpha value is -3.14. The third-order valence-corrected chi connectivity index (χ3v) is 4.70. The number of benzene rings is 1. The van der Waals surface area contributed by atoms with Crippen LogP contribution in [0.2, 0.25) is 0 Å². The molecule has 3 rings (SSSR count). The molecule has 1 aromatic rings. The number of nitrogens with zero attached hydrogens (tertiary/aromatic N) is 1. The quantitative estimate of drug-likeness (QED) is 0.465. The van der Waals surface area contributed by atoms with Gasteiger partial charge >= 0.3 is 5.97 Å². The molecule has 1 saturated heterocycles. The maximum absolute atomic E-state index is 12.6. The van der Waals surface area contributed by atoms with Gasteiger partial charge in [0.25, 0.3) is 5.91 Å². The van der Waals surface area contributed by atoms with Crippen molar-refractivity contribution in [2.24, 2.45) is 0 Å². The van der Waals surface area contributed by atoms with Crippen LogP contribution in [0.15, 0.2) is 18.2 Å². The monoisotopic (exact) mass is 368 g/mol. The van der Waals surface area contributed by atoms with Crippen molar-refractivity contribution in [1.29, 1.82) is 0 Å². The zero-order valence-corrected chi connectivity index (χ0v) is 14.8. The van der Waals surface area contributed by atoms with Gasteiger partial charge < -0.3 is 10.0 Å². The van der Waals surface area contributed by atoms with Gasteiger partial charge in [-0.2, -0.15) is 0 Å². The Morgan fingerprint density at radius 2 is 2.07 bits per heavy atom. The van der Waals surface area contributed by atoms with Gasteiger partial charge in [0.05, 0.1) is 0 Å². The molecule has 1 aromatic carbocycles. The molecule has 2 aliphatic rings. The highest BCUT2D eigenvalue weighted by atomic mass is 16.4. The highest BCUT2D eigenvalue weighted by molar-refractivity contribution is 6.05. The second kappa shape index (κ2) is 8.04. The number of carbonyl (C=O) groups excluding carboxylic acids is 3. The number of hydrogen-bond donors (Lipinski definition) is 2. The Morgan fingerprint density at radius 3 is 2.81 bits per heavy atom. The van der Waals surface area contributed by atoms with Gasteiger partial charge in [0.2, 0.25) is 11.8 Å². The summed E-state index contributed by atoms with van der Waals surface area (Å²) < 4.78 is 0. The third kappa shape index (κ3) is 4.34. The van der Waals surface area contributed by atoms with E-state index in [2.05, 4.69) is 17.2 Å². The summed E-state index contributed by atoms with van der Waals surface area (Å²) >= 11 is 0. The lowest BCUT2D eigenvalue weighted by Crippen LogP contribution is -2.52. The van der Waals surface area contributed by atoms with Crippen molar-refractivity contribution >= 4 is 23.7 Å². The van der Waals surface area contributed by atoms with E-state index in [0.717, 1.165) is 17.5 Å². The van der Waals surface area contributed by atoms with Gasteiger partial charge in [0.15, 0.2) is 0 Å². The lowest BCUT2D eigenvalue weighted by Gasteiger charge is -2.29. The molecule has 2 heterocycles. The molecule has 1 unspecified atom stereocenters. The summed E-state index contributed by atoms with van der Waals surface area (Å²) in [6.45, 7) is 0.328. The van der Waals surface area contributed by atoms with Gasteiger partial charge in [-0.25, -0.2) is 0 Å². The minimum atomic E-state index is -0.799. The van der Waals surface area contributed by atoms with E-state index >= 15 is 0 Å². The van der Waals surface area contributed by atoms with Crippen molar-refractivity contribution in [2.45, 2.75) is 51.1 Å². The Morgan fingerprint density at radius 1 is 1.26 bits per heavy atom. The Kier molecular flexibility index (Phi) is 5.55. The summed E-state index contributed by atoms with van der Waals surface area (Å²) in [6, 6.07) is 4.72. The number of piperidine rings is 1. The molecule has 2 aliphatic heterocycles. The summed E-state index contributed by atoms with van der Waals surface area (Å²) in [6.07, 6.45) is 2.67. The Balaban J connectivity index is 1.63. The van der Waals surface area contributed by atoms with Crippen LogP contribution in [0.25, 0.3) is 0 Å². The SMILES string of the molecule is O=C(O)CCCCC#Cc1ccc2c(c1)CN(C1CCC(=O)NC1=O)C2=O. The first-order valence-corrected chi connectivity index (χ1v) is 8.94. The number of nitrogens with one attached hydrogen (secondary N) is 1. The number of aliphatic carboxylic acids is 1. The largest absolute Gasteiger partial charge is 0.481 e. The summed E-state index contributed by atoms with van der Waals surface area (Å²) in [5.41, 5.74) is 2.17. The number of hydrogen-bond acceptors (Lipinski definition) is 4. The molecule has 7 heteroatoms. The summed E-state index contributed by atoms with van der Waals surface area (Å²) in [7, 11) is 0. The lowest BCUT2D eigenvalue weighted by atomic mass is 10.0. The fraction of sp³-hybridized carbons (Fsp3) is 0.400. The number of fused-ring (bicyclic) bond motifs is 1. The molecule has 1 fully saturated rings. The Bertz CT molecular complexity index is 865. The van der Waals surface area contributed by atoms with Crippen molar-refractivity contribution in [3.63, 3.8) is 0 Å². The van der Waals surface area contributed by atoms with E-state index in [1.54, 1.807) is 12.1 Å². The van der Waals surface area contributed by atoms with Gasteiger partial charge in [0, 0.05) is 36.9 Å². The third-order valence-electron chi connectivity index (χ3n) is 4.70. The van der Waals surface area contributed by atoms with E-state index in [1.165, 1.54) is 4.90 Å². The van der Waals surface area contributed by atoms with Crippen LogP contribution >= 0.6 is 0 Å². The van der Waals surface area contributed by atoms with Crippen LogP contribution in [-0.2, 0) is 20.9 Å². The summed E-state index contributed by atoms with van der Waals surface area (Å²) in [5.74, 6) is 4.33. The minimum Gasteiger partial charge on any atom is -0.481 e. The van der Waals surface area contributed by atoms with Crippen LogP contribution in [0.5, 0.6) is 0 Å². The number of rotatable bonds is 5. The van der Waals surface area contributed by atoms with Crippen molar-refractivity contribution in [2.75, 3.05) is 0 Å². The standard InChI is InChI=1S/C20H20N2O5/c23-17-10-9-16(19(26)21-17)22-12-14-11-13(7-8-15(14)20(22)27)5-3-1-2-4-6-18(24)25/h7-8,11,16H,1-2,4,6,9-10,12H2,(H,24,25)(H,21,23,26). The first-order valence-electron chi connectivity index (χ1n) is 8.94. The highest BCUT2D eigenvalue weighted by Crippen LogP contribution is 2.28. The minimum absolute atomic E-state index is 0.152.